The van der Waals surface area contributed by atoms with Crippen LogP contribution in [0.1, 0.15) is 18.9 Å². The van der Waals surface area contributed by atoms with E-state index in [1.807, 2.05) is 12.1 Å². The highest BCUT2D eigenvalue weighted by Crippen LogP contribution is 2.20. The van der Waals surface area contributed by atoms with Crippen LogP contribution in [0, 0.1) is 0 Å². The third kappa shape index (κ3) is 4.00. The number of hydrogen-bond donors (Lipinski definition) is 2. The monoisotopic (exact) mass is 242 g/mol. The molecule has 1 aromatic carbocycles. The van der Waals surface area contributed by atoms with Gasteiger partial charge >= 0.3 is 0 Å². The highest BCUT2D eigenvalue weighted by molar-refractivity contribution is 6.31. The van der Waals surface area contributed by atoms with Crippen molar-refractivity contribution in [1.82, 2.24) is 4.90 Å². The minimum absolute atomic E-state index is 0.167. The van der Waals surface area contributed by atoms with Gasteiger partial charge in [-0.3, -0.25) is 4.90 Å². The first-order valence-corrected chi connectivity index (χ1v) is 5.92. The lowest BCUT2D eigenvalue weighted by Crippen LogP contribution is -2.27. The lowest BCUT2D eigenvalue weighted by Gasteiger charge is -2.21. The molecule has 0 saturated heterocycles. The van der Waals surface area contributed by atoms with E-state index in [4.69, 9.17) is 22.4 Å². The average molecular weight is 243 g/mol. The Bertz CT molecular complexity index is 325. The maximum atomic E-state index is 8.97. The smallest absolute Gasteiger partial charge is 0.0558 e. The van der Waals surface area contributed by atoms with Gasteiger partial charge in [0.1, 0.15) is 0 Å². The number of nitrogens with two attached hydrogens (primary N) is 1. The summed E-state index contributed by atoms with van der Waals surface area (Å²) < 4.78 is 0. The molecule has 0 bridgehead atoms. The number of halogens is 1. The SMILES string of the molecule is CCCN(CCO)Cc1cc(N)ccc1Cl. The van der Waals surface area contributed by atoms with E-state index in [2.05, 4.69) is 11.8 Å². The molecular formula is C12H19ClN2O. The maximum absolute atomic E-state index is 8.97. The molecule has 0 amide bonds. The van der Waals surface area contributed by atoms with Gasteiger partial charge in [-0.2, -0.15) is 0 Å². The van der Waals surface area contributed by atoms with Gasteiger partial charge in [0.25, 0.3) is 0 Å². The van der Waals surface area contributed by atoms with Crippen molar-refractivity contribution in [3.05, 3.63) is 28.8 Å². The molecule has 0 aliphatic heterocycles. The van der Waals surface area contributed by atoms with Gasteiger partial charge in [-0.1, -0.05) is 18.5 Å². The fraction of sp³-hybridized carbons (Fsp3) is 0.500. The van der Waals surface area contributed by atoms with Crippen LogP contribution in [0.2, 0.25) is 5.02 Å². The fourth-order valence-corrected chi connectivity index (χ4v) is 1.86. The number of aliphatic hydroxyl groups is 1. The molecule has 0 unspecified atom stereocenters. The molecule has 3 N–H and O–H groups in total. The summed E-state index contributed by atoms with van der Waals surface area (Å²) in [4.78, 5) is 2.17. The number of nitrogens with zero attached hydrogens (tertiary/aromatic N) is 1. The molecule has 0 aliphatic rings. The summed E-state index contributed by atoms with van der Waals surface area (Å²) in [5.41, 5.74) is 7.46. The molecule has 16 heavy (non-hydrogen) atoms. The molecule has 0 aliphatic carbocycles. The Morgan fingerprint density at radius 1 is 1.38 bits per heavy atom. The highest BCUT2D eigenvalue weighted by Gasteiger charge is 2.07. The third-order valence-electron chi connectivity index (χ3n) is 2.42. The molecule has 0 heterocycles. The summed E-state index contributed by atoms with van der Waals surface area (Å²) in [7, 11) is 0. The number of rotatable bonds is 6. The molecule has 3 nitrogen and oxygen atoms in total. The standard InChI is InChI=1S/C12H19ClN2O/c1-2-5-15(6-7-16)9-10-8-11(14)3-4-12(10)13/h3-4,8,16H,2,5-7,9,14H2,1H3. The number of nitrogen functional groups attached to an aromatic ring is 1. The van der Waals surface area contributed by atoms with Gasteiger partial charge in [-0.05, 0) is 36.7 Å². The number of anilines is 1. The van der Waals surface area contributed by atoms with Crippen LogP contribution in [0.4, 0.5) is 5.69 Å². The molecule has 90 valence electrons. The van der Waals surface area contributed by atoms with Gasteiger partial charge in [0, 0.05) is 23.8 Å². The van der Waals surface area contributed by atoms with Crippen molar-refractivity contribution in [1.29, 1.82) is 0 Å². The van der Waals surface area contributed by atoms with Gasteiger partial charge in [0.05, 0.1) is 6.61 Å². The summed E-state index contributed by atoms with van der Waals surface area (Å²) in [5.74, 6) is 0. The van der Waals surface area contributed by atoms with Crippen molar-refractivity contribution in [3.63, 3.8) is 0 Å². The maximum Gasteiger partial charge on any atom is 0.0558 e. The van der Waals surface area contributed by atoms with E-state index in [1.54, 1.807) is 6.07 Å². The zero-order chi connectivity index (χ0) is 12.0. The predicted octanol–water partition coefficient (Wildman–Crippen LogP) is 2.13. The Labute approximate surface area is 102 Å². The highest BCUT2D eigenvalue weighted by atomic mass is 35.5. The molecule has 0 spiro atoms. The van der Waals surface area contributed by atoms with Crippen LogP contribution >= 0.6 is 11.6 Å². The summed E-state index contributed by atoms with van der Waals surface area (Å²) in [5, 5.41) is 9.70. The lowest BCUT2D eigenvalue weighted by molar-refractivity contribution is 0.190. The van der Waals surface area contributed by atoms with E-state index in [1.165, 1.54) is 0 Å². The first-order valence-electron chi connectivity index (χ1n) is 5.54. The van der Waals surface area contributed by atoms with E-state index >= 15 is 0 Å². The molecule has 4 heteroatoms. The van der Waals surface area contributed by atoms with Crippen LogP contribution in [0.25, 0.3) is 0 Å². The van der Waals surface area contributed by atoms with Gasteiger partial charge in [-0.25, -0.2) is 0 Å². The Hall–Kier alpha value is -0.770. The Balaban J connectivity index is 2.71. The molecule has 0 radical (unpaired) electrons. The van der Waals surface area contributed by atoms with Crippen molar-refractivity contribution in [2.45, 2.75) is 19.9 Å². The normalized spacial score (nSPS) is 11.0. The number of benzene rings is 1. The molecule has 1 aromatic rings. The van der Waals surface area contributed by atoms with Gasteiger partial charge in [0.15, 0.2) is 0 Å². The van der Waals surface area contributed by atoms with Gasteiger partial charge in [0.2, 0.25) is 0 Å². The van der Waals surface area contributed by atoms with Crippen LogP contribution in [0.15, 0.2) is 18.2 Å². The second-order valence-electron chi connectivity index (χ2n) is 3.85. The fourth-order valence-electron chi connectivity index (χ4n) is 1.68. The summed E-state index contributed by atoms with van der Waals surface area (Å²) in [6.07, 6.45) is 1.06. The number of hydrogen-bond acceptors (Lipinski definition) is 3. The average Bonchev–Trinajstić information content (AvgIpc) is 2.24. The van der Waals surface area contributed by atoms with Crippen molar-refractivity contribution in [2.75, 3.05) is 25.4 Å². The van der Waals surface area contributed by atoms with Crippen molar-refractivity contribution in [2.24, 2.45) is 0 Å². The largest absolute Gasteiger partial charge is 0.399 e. The Kier molecular flexibility index (Phi) is 5.60. The topological polar surface area (TPSA) is 49.5 Å². The van der Waals surface area contributed by atoms with E-state index in [9.17, 15) is 0 Å². The molecule has 0 atom stereocenters. The zero-order valence-electron chi connectivity index (χ0n) is 9.62. The molecular weight excluding hydrogens is 224 g/mol. The Morgan fingerprint density at radius 3 is 2.75 bits per heavy atom. The van der Waals surface area contributed by atoms with Crippen LogP contribution in [-0.2, 0) is 6.54 Å². The van der Waals surface area contributed by atoms with E-state index in [0.29, 0.717) is 6.54 Å². The van der Waals surface area contributed by atoms with Crippen molar-refractivity contribution >= 4 is 17.3 Å². The second-order valence-corrected chi connectivity index (χ2v) is 4.26. The van der Waals surface area contributed by atoms with Crippen LogP contribution in [-0.4, -0.2) is 29.7 Å². The summed E-state index contributed by atoms with van der Waals surface area (Å²) >= 11 is 6.10. The van der Waals surface area contributed by atoms with Crippen molar-refractivity contribution < 1.29 is 5.11 Å². The van der Waals surface area contributed by atoms with Gasteiger partial charge < -0.3 is 10.8 Å². The molecule has 0 saturated carbocycles. The second kappa shape index (κ2) is 6.74. The molecule has 0 aromatic heterocycles. The third-order valence-corrected chi connectivity index (χ3v) is 2.79. The molecule has 0 fully saturated rings. The lowest BCUT2D eigenvalue weighted by atomic mass is 10.2. The van der Waals surface area contributed by atoms with Crippen molar-refractivity contribution in [3.8, 4) is 0 Å². The van der Waals surface area contributed by atoms with Crippen LogP contribution < -0.4 is 5.73 Å². The minimum atomic E-state index is 0.167. The van der Waals surface area contributed by atoms with Crippen LogP contribution in [0.3, 0.4) is 0 Å². The van der Waals surface area contributed by atoms with E-state index in [0.717, 1.165) is 35.8 Å². The first-order chi connectivity index (χ1) is 7.67. The Morgan fingerprint density at radius 2 is 2.12 bits per heavy atom. The minimum Gasteiger partial charge on any atom is -0.399 e. The van der Waals surface area contributed by atoms with E-state index in [-0.39, 0.29) is 6.61 Å². The quantitative estimate of drug-likeness (QED) is 0.752. The zero-order valence-corrected chi connectivity index (χ0v) is 10.4. The van der Waals surface area contributed by atoms with Crippen LogP contribution in [0.5, 0.6) is 0 Å². The molecule has 1 rings (SSSR count). The summed E-state index contributed by atoms with van der Waals surface area (Å²) in [6, 6.07) is 5.50. The van der Waals surface area contributed by atoms with E-state index < -0.39 is 0 Å². The first kappa shape index (κ1) is 13.3. The predicted molar refractivity (Wildman–Crippen MR) is 68.5 cm³/mol. The summed E-state index contributed by atoms with van der Waals surface area (Å²) in [6.45, 7) is 4.63. The van der Waals surface area contributed by atoms with Gasteiger partial charge in [-0.15, -0.1) is 0 Å². The number of aliphatic hydroxyl groups excluding tert-OH is 1.